The van der Waals surface area contributed by atoms with E-state index in [-0.39, 0.29) is 11.2 Å². The van der Waals surface area contributed by atoms with E-state index in [0.29, 0.717) is 17.6 Å². The van der Waals surface area contributed by atoms with Crippen LogP contribution in [-0.4, -0.2) is 14.9 Å². The topological polar surface area (TPSA) is 88.9 Å². The number of nitrogens with zero attached hydrogens (tertiary/aromatic N) is 2. The molecule has 112 valence electrons. The lowest BCUT2D eigenvalue weighted by Gasteiger charge is -2.02. The summed E-state index contributed by atoms with van der Waals surface area (Å²) in [6.45, 7) is 3.89. The van der Waals surface area contributed by atoms with Crippen LogP contribution in [0.5, 0.6) is 0 Å². The van der Waals surface area contributed by atoms with Crippen LogP contribution < -0.4 is 5.56 Å². The lowest BCUT2D eigenvalue weighted by Crippen LogP contribution is -2.11. The summed E-state index contributed by atoms with van der Waals surface area (Å²) in [7, 11) is 0. The fraction of sp³-hybridized carbons (Fsp3) is 0.200. The molecule has 0 unspecified atom stereocenters. The Balaban J connectivity index is 1.97. The fourth-order valence-corrected chi connectivity index (χ4v) is 3.36. The molecule has 2 heterocycles. The van der Waals surface area contributed by atoms with Crippen LogP contribution in [0.1, 0.15) is 21.8 Å². The van der Waals surface area contributed by atoms with Gasteiger partial charge in [0.15, 0.2) is 0 Å². The van der Waals surface area contributed by atoms with Gasteiger partial charge in [-0.05, 0) is 25.0 Å². The third-order valence-corrected chi connectivity index (χ3v) is 4.71. The molecule has 0 spiro atoms. The maximum Gasteiger partial charge on any atom is 0.269 e. The van der Waals surface area contributed by atoms with E-state index < -0.39 is 4.92 Å². The summed E-state index contributed by atoms with van der Waals surface area (Å²) in [4.78, 5) is 31.5. The lowest BCUT2D eigenvalue weighted by molar-refractivity contribution is -0.384. The first-order valence-corrected chi connectivity index (χ1v) is 7.49. The van der Waals surface area contributed by atoms with Crippen molar-refractivity contribution in [3.05, 3.63) is 66.6 Å². The van der Waals surface area contributed by atoms with Gasteiger partial charge in [-0.1, -0.05) is 12.1 Å². The number of thiophene rings is 1. The SMILES string of the molecule is Cc1sc2nc(Cc3ccc([N+](=O)[O-])cc3)[nH]c(=O)c2c1C. The smallest absolute Gasteiger partial charge is 0.269 e. The summed E-state index contributed by atoms with van der Waals surface area (Å²) >= 11 is 1.50. The number of nitro groups is 1. The standard InChI is InChI=1S/C15H13N3O3S/c1-8-9(2)22-15-13(8)14(19)16-12(17-15)7-10-3-5-11(6-4-10)18(20)21/h3-6H,7H2,1-2H3,(H,16,17,19). The first-order chi connectivity index (χ1) is 10.5. The molecule has 6 nitrogen and oxygen atoms in total. The molecule has 22 heavy (non-hydrogen) atoms. The second kappa shape index (κ2) is 5.34. The molecule has 0 aliphatic rings. The molecule has 0 atom stereocenters. The van der Waals surface area contributed by atoms with Crippen LogP contribution >= 0.6 is 11.3 Å². The molecular weight excluding hydrogens is 302 g/mol. The van der Waals surface area contributed by atoms with Crippen LogP contribution in [0.4, 0.5) is 5.69 Å². The summed E-state index contributed by atoms with van der Waals surface area (Å²) in [6, 6.07) is 6.25. The van der Waals surface area contributed by atoms with Gasteiger partial charge in [0, 0.05) is 23.4 Å². The van der Waals surface area contributed by atoms with Gasteiger partial charge in [-0.3, -0.25) is 14.9 Å². The molecule has 3 aromatic rings. The Morgan fingerprint density at radius 1 is 1.27 bits per heavy atom. The average Bonchev–Trinajstić information content (AvgIpc) is 2.75. The molecule has 2 aromatic heterocycles. The Morgan fingerprint density at radius 2 is 1.95 bits per heavy atom. The lowest BCUT2D eigenvalue weighted by atomic mass is 10.1. The Morgan fingerprint density at radius 3 is 2.59 bits per heavy atom. The summed E-state index contributed by atoms with van der Waals surface area (Å²) in [5, 5.41) is 11.3. The highest BCUT2D eigenvalue weighted by Gasteiger charge is 2.12. The number of hydrogen-bond donors (Lipinski definition) is 1. The summed E-state index contributed by atoms with van der Waals surface area (Å²) in [5.41, 5.74) is 1.74. The average molecular weight is 315 g/mol. The Hall–Kier alpha value is -2.54. The van der Waals surface area contributed by atoms with Crippen LogP contribution in [0, 0.1) is 24.0 Å². The molecule has 0 saturated heterocycles. The van der Waals surface area contributed by atoms with Crippen molar-refractivity contribution in [3.8, 4) is 0 Å². The predicted octanol–water partition coefficient (Wildman–Crippen LogP) is 3.10. The van der Waals surface area contributed by atoms with Crippen LogP contribution in [0.2, 0.25) is 0 Å². The van der Waals surface area contributed by atoms with E-state index >= 15 is 0 Å². The third kappa shape index (κ3) is 2.50. The first-order valence-electron chi connectivity index (χ1n) is 6.68. The van der Waals surface area contributed by atoms with Crippen LogP contribution in [0.25, 0.3) is 10.2 Å². The van der Waals surface area contributed by atoms with Gasteiger partial charge in [0.25, 0.3) is 11.2 Å². The molecule has 0 saturated carbocycles. The number of hydrogen-bond acceptors (Lipinski definition) is 5. The van der Waals surface area contributed by atoms with E-state index in [4.69, 9.17) is 0 Å². The van der Waals surface area contributed by atoms with Crippen molar-refractivity contribution >= 4 is 27.2 Å². The highest BCUT2D eigenvalue weighted by atomic mass is 32.1. The number of aromatic amines is 1. The molecule has 7 heteroatoms. The van der Waals surface area contributed by atoms with Gasteiger partial charge in [0.2, 0.25) is 0 Å². The largest absolute Gasteiger partial charge is 0.310 e. The van der Waals surface area contributed by atoms with Crippen molar-refractivity contribution in [3.63, 3.8) is 0 Å². The number of fused-ring (bicyclic) bond motifs is 1. The molecule has 1 N–H and O–H groups in total. The number of aryl methyl sites for hydroxylation is 2. The summed E-state index contributed by atoms with van der Waals surface area (Å²) in [5.74, 6) is 0.563. The summed E-state index contributed by atoms with van der Waals surface area (Å²) < 4.78 is 0. The highest BCUT2D eigenvalue weighted by Crippen LogP contribution is 2.26. The van der Waals surface area contributed by atoms with E-state index in [2.05, 4.69) is 9.97 Å². The minimum absolute atomic E-state index is 0.0464. The molecular formula is C15H13N3O3S. The van der Waals surface area contributed by atoms with Gasteiger partial charge < -0.3 is 4.98 Å². The van der Waals surface area contributed by atoms with Crippen molar-refractivity contribution < 1.29 is 4.92 Å². The van der Waals surface area contributed by atoms with Gasteiger partial charge in [-0.25, -0.2) is 4.98 Å². The summed E-state index contributed by atoms with van der Waals surface area (Å²) in [6.07, 6.45) is 0.430. The van der Waals surface area contributed by atoms with Crippen molar-refractivity contribution in [2.45, 2.75) is 20.3 Å². The van der Waals surface area contributed by atoms with Crippen molar-refractivity contribution in [2.24, 2.45) is 0 Å². The Bertz CT molecular complexity index is 926. The predicted molar refractivity (Wildman–Crippen MR) is 85.6 cm³/mol. The fourth-order valence-electron chi connectivity index (χ4n) is 2.31. The van der Waals surface area contributed by atoms with Gasteiger partial charge in [0.1, 0.15) is 10.7 Å². The first kappa shape index (κ1) is 14.4. The molecule has 3 rings (SSSR count). The van der Waals surface area contributed by atoms with Crippen LogP contribution in [0.15, 0.2) is 29.1 Å². The van der Waals surface area contributed by atoms with Gasteiger partial charge >= 0.3 is 0 Å². The van der Waals surface area contributed by atoms with Crippen LogP contribution in [-0.2, 0) is 6.42 Å². The zero-order chi connectivity index (χ0) is 15.9. The third-order valence-electron chi connectivity index (χ3n) is 3.61. The number of benzene rings is 1. The maximum absolute atomic E-state index is 12.2. The van der Waals surface area contributed by atoms with Gasteiger partial charge in [0.05, 0.1) is 10.3 Å². The molecule has 0 aliphatic heterocycles. The number of H-pyrrole nitrogens is 1. The zero-order valence-electron chi connectivity index (χ0n) is 12.0. The van der Waals surface area contributed by atoms with Crippen molar-refractivity contribution in [2.75, 3.05) is 0 Å². The zero-order valence-corrected chi connectivity index (χ0v) is 12.9. The normalized spacial score (nSPS) is 11.0. The van der Waals surface area contributed by atoms with Gasteiger partial charge in [-0.15, -0.1) is 11.3 Å². The van der Waals surface area contributed by atoms with Gasteiger partial charge in [-0.2, -0.15) is 0 Å². The minimum Gasteiger partial charge on any atom is -0.310 e. The second-order valence-corrected chi connectivity index (χ2v) is 6.28. The van der Waals surface area contributed by atoms with Crippen LogP contribution in [0.3, 0.4) is 0 Å². The van der Waals surface area contributed by atoms with E-state index in [1.165, 1.54) is 23.5 Å². The number of rotatable bonds is 3. The highest BCUT2D eigenvalue weighted by molar-refractivity contribution is 7.18. The quantitative estimate of drug-likeness (QED) is 0.594. The molecule has 0 aliphatic carbocycles. The molecule has 1 aromatic carbocycles. The van der Waals surface area contributed by atoms with E-state index in [9.17, 15) is 14.9 Å². The molecule has 0 amide bonds. The molecule has 0 fully saturated rings. The van der Waals surface area contributed by atoms with Crippen molar-refractivity contribution in [1.29, 1.82) is 0 Å². The maximum atomic E-state index is 12.2. The Labute approximate surface area is 129 Å². The molecule has 0 bridgehead atoms. The monoisotopic (exact) mass is 315 g/mol. The minimum atomic E-state index is -0.437. The van der Waals surface area contributed by atoms with E-state index in [0.717, 1.165) is 20.8 Å². The number of aromatic nitrogens is 2. The number of nitro benzene ring substituents is 1. The van der Waals surface area contributed by atoms with E-state index in [1.54, 1.807) is 12.1 Å². The van der Waals surface area contributed by atoms with E-state index in [1.807, 2.05) is 13.8 Å². The second-order valence-electron chi connectivity index (χ2n) is 5.08. The van der Waals surface area contributed by atoms with Crippen molar-refractivity contribution in [1.82, 2.24) is 9.97 Å². The number of nitrogens with one attached hydrogen (secondary N) is 1. The number of non-ortho nitro benzene ring substituents is 1. The Kier molecular flexibility index (Phi) is 3.50. The molecule has 0 radical (unpaired) electrons.